The summed E-state index contributed by atoms with van der Waals surface area (Å²) in [6, 6.07) is 10.4. The molecule has 0 N–H and O–H groups in total. The number of benzene rings is 1. The maximum atomic E-state index is 11.5. The number of rotatable bonds is 6. The molecule has 23 heavy (non-hydrogen) atoms. The average Bonchev–Trinajstić information content (AvgIpc) is 2.50. The number of hydrogen-bond donors (Lipinski definition) is 0. The summed E-state index contributed by atoms with van der Waals surface area (Å²) in [4.78, 5) is 24.8. The van der Waals surface area contributed by atoms with Crippen molar-refractivity contribution in [3.63, 3.8) is 0 Å². The largest absolute Gasteiger partial charge is 0.462 e. The molecule has 1 aliphatic rings. The molecule has 0 spiro atoms. The van der Waals surface area contributed by atoms with Crippen LogP contribution in [0.3, 0.4) is 0 Å². The molecule has 1 aromatic carbocycles. The molecular formula is C19H25NO3. The predicted molar refractivity (Wildman–Crippen MR) is 89.8 cm³/mol. The molecule has 0 amide bonds. The number of ether oxygens (including phenoxy) is 1. The van der Waals surface area contributed by atoms with E-state index in [9.17, 15) is 9.59 Å². The Morgan fingerprint density at radius 3 is 2.65 bits per heavy atom. The molecule has 0 radical (unpaired) electrons. The van der Waals surface area contributed by atoms with E-state index in [-0.39, 0.29) is 24.3 Å². The molecule has 0 saturated carbocycles. The van der Waals surface area contributed by atoms with E-state index < -0.39 is 0 Å². The summed E-state index contributed by atoms with van der Waals surface area (Å²) < 4.78 is 5.03. The van der Waals surface area contributed by atoms with Crippen LogP contribution in [-0.2, 0) is 20.9 Å². The number of nitrogens with zero attached hydrogens (tertiary/aromatic N) is 1. The number of carbonyl (C=O) groups excluding carboxylic acids is 2. The summed E-state index contributed by atoms with van der Waals surface area (Å²) in [5, 5.41) is 0. The maximum absolute atomic E-state index is 11.5. The standard InChI is InChI=1S/C19H25NO3/c1-15(21)12-18-8-10-20(13-17-6-4-3-5-7-17)14-19(18)9-11-23-16(2)22/h3-7,9,18H,8,10-14H2,1-2H3/b19-9+. The fourth-order valence-corrected chi connectivity index (χ4v) is 3.04. The second-order valence-corrected chi connectivity index (χ2v) is 6.17. The van der Waals surface area contributed by atoms with Crippen LogP contribution in [0.15, 0.2) is 42.0 Å². The minimum Gasteiger partial charge on any atom is -0.462 e. The van der Waals surface area contributed by atoms with Crippen molar-refractivity contribution in [2.24, 2.45) is 5.92 Å². The van der Waals surface area contributed by atoms with Gasteiger partial charge in [-0.3, -0.25) is 9.69 Å². The molecule has 1 aromatic rings. The van der Waals surface area contributed by atoms with Gasteiger partial charge in [0.05, 0.1) is 0 Å². The van der Waals surface area contributed by atoms with Crippen LogP contribution in [0, 0.1) is 5.92 Å². The van der Waals surface area contributed by atoms with Gasteiger partial charge in [-0.15, -0.1) is 0 Å². The van der Waals surface area contributed by atoms with Crippen molar-refractivity contribution in [1.29, 1.82) is 0 Å². The molecule has 4 heteroatoms. The molecule has 0 aliphatic carbocycles. The molecule has 0 bridgehead atoms. The summed E-state index contributed by atoms with van der Waals surface area (Å²) in [7, 11) is 0. The lowest BCUT2D eigenvalue weighted by Gasteiger charge is -2.34. The van der Waals surface area contributed by atoms with E-state index in [0.717, 1.165) is 26.1 Å². The zero-order chi connectivity index (χ0) is 16.7. The van der Waals surface area contributed by atoms with Gasteiger partial charge in [-0.25, -0.2) is 0 Å². The van der Waals surface area contributed by atoms with E-state index in [4.69, 9.17) is 4.74 Å². The van der Waals surface area contributed by atoms with Crippen LogP contribution in [-0.4, -0.2) is 36.3 Å². The monoisotopic (exact) mass is 315 g/mol. The van der Waals surface area contributed by atoms with Crippen molar-refractivity contribution in [2.75, 3.05) is 19.7 Å². The van der Waals surface area contributed by atoms with Crippen LogP contribution < -0.4 is 0 Å². The molecule has 1 fully saturated rings. The Labute approximate surface area is 138 Å². The zero-order valence-electron chi connectivity index (χ0n) is 14.0. The predicted octanol–water partition coefficient (Wildman–Crippen LogP) is 2.98. The van der Waals surface area contributed by atoms with Gasteiger partial charge < -0.3 is 9.53 Å². The fourth-order valence-electron chi connectivity index (χ4n) is 3.04. The van der Waals surface area contributed by atoms with Gasteiger partial charge in [-0.2, -0.15) is 0 Å². The van der Waals surface area contributed by atoms with E-state index in [1.807, 2.05) is 12.1 Å². The molecule has 4 nitrogen and oxygen atoms in total. The first-order valence-corrected chi connectivity index (χ1v) is 8.12. The zero-order valence-corrected chi connectivity index (χ0v) is 14.0. The highest BCUT2D eigenvalue weighted by Crippen LogP contribution is 2.27. The molecule has 1 atom stereocenters. The first kappa shape index (κ1) is 17.4. The van der Waals surface area contributed by atoms with Gasteiger partial charge >= 0.3 is 5.97 Å². The highest BCUT2D eigenvalue weighted by molar-refractivity contribution is 5.76. The summed E-state index contributed by atoms with van der Waals surface area (Å²) >= 11 is 0. The van der Waals surface area contributed by atoms with E-state index in [2.05, 4.69) is 29.2 Å². The van der Waals surface area contributed by atoms with Crippen LogP contribution in [0.2, 0.25) is 0 Å². The molecular weight excluding hydrogens is 290 g/mol. The van der Waals surface area contributed by atoms with Crippen molar-refractivity contribution >= 4 is 11.8 Å². The number of likely N-dealkylation sites (tertiary alicyclic amines) is 1. The van der Waals surface area contributed by atoms with Gasteiger partial charge in [0.2, 0.25) is 0 Å². The third-order valence-electron chi connectivity index (χ3n) is 4.14. The maximum Gasteiger partial charge on any atom is 0.302 e. The Morgan fingerprint density at radius 1 is 1.26 bits per heavy atom. The number of piperidine rings is 1. The van der Waals surface area contributed by atoms with Gasteiger partial charge in [0.1, 0.15) is 12.4 Å². The van der Waals surface area contributed by atoms with Crippen molar-refractivity contribution < 1.29 is 14.3 Å². The smallest absolute Gasteiger partial charge is 0.302 e. The van der Waals surface area contributed by atoms with Crippen LogP contribution in [0.1, 0.15) is 32.3 Å². The Balaban J connectivity index is 2.01. The van der Waals surface area contributed by atoms with Gasteiger partial charge in [0.25, 0.3) is 0 Å². The summed E-state index contributed by atoms with van der Waals surface area (Å²) in [5.41, 5.74) is 2.50. The minimum absolute atomic E-state index is 0.213. The minimum atomic E-state index is -0.276. The highest BCUT2D eigenvalue weighted by atomic mass is 16.5. The topological polar surface area (TPSA) is 46.6 Å². The summed E-state index contributed by atoms with van der Waals surface area (Å²) in [6.07, 6.45) is 3.52. The highest BCUT2D eigenvalue weighted by Gasteiger charge is 2.24. The van der Waals surface area contributed by atoms with Crippen LogP contribution in [0.25, 0.3) is 0 Å². The molecule has 124 valence electrons. The number of Topliss-reactive ketones (excluding diaryl/α,β-unsaturated/α-hetero) is 1. The molecule has 0 aromatic heterocycles. The lowest BCUT2D eigenvalue weighted by Crippen LogP contribution is -2.36. The van der Waals surface area contributed by atoms with E-state index in [1.165, 1.54) is 18.1 Å². The van der Waals surface area contributed by atoms with E-state index >= 15 is 0 Å². The van der Waals surface area contributed by atoms with Gasteiger partial charge in [0.15, 0.2) is 0 Å². The Bertz CT molecular complexity index is 565. The normalized spacial score (nSPS) is 20.4. The number of esters is 1. The first-order chi connectivity index (χ1) is 11.0. The SMILES string of the molecule is CC(=O)CC1CCN(Cc2ccccc2)C/C1=C\COC(C)=O. The Hall–Kier alpha value is -1.94. The molecule has 1 heterocycles. The van der Waals surface area contributed by atoms with Crippen molar-refractivity contribution in [2.45, 2.75) is 33.2 Å². The molecule has 1 unspecified atom stereocenters. The molecule has 1 saturated heterocycles. The van der Waals surface area contributed by atoms with E-state index in [1.54, 1.807) is 6.92 Å². The third kappa shape index (κ3) is 5.99. The quantitative estimate of drug-likeness (QED) is 0.598. The summed E-state index contributed by atoms with van der Waals surface area (Å²) in [5.74, 6) is 0.210. The Kier molecular flexibility index (Phi) is 6.53. The fraction of sp³-hybridized carbons (Fsp3) is 0.474. The van der Waals surface area contributed by atoms with Crippen molar-refractivity contribution in [3.8, 4) is 0 Å². The van der Waals surface area contributed by atoms with Crippen LogP contribution in [0.4, 0.5) is 0 Å². The lowest BCUT2D eigenvalue weighted by molar-refractivity contribution is -0.139. The van der Waals surface area contributed by atoms with Crippen LogP contribution >= 0.6 is 0 Å². The van der Waals surface area contributed by atoms with E-state index in [0.29, 0.717) is 6.42 Å². The second kappa shape index (κ2) is 8.63. The van der Waals surface area contributed by atoms with Gasteiger partial charge in [-0.1, -0.05) is 35.9 Å². The number of hydrogen-bond acceptors (Lipinski definition) is 4. The van der Waals surface area contributed by atoms with Crippen LogP contribution in [0.5, 0.6) is 0 Å². The first-order valence-electron chi connectivity index (χ1n) is 8.12. The van der Waals surface area contributed by atoms with Gasteiger partial charge in [-0.05, 0) is 37.4 Å². The molecule has 1 aliphatic heterocycles. The van der Waals surface area contributed by atoms with Gasteiger partial charge in [0, 0.05) is 26.4 Å². The average molecular weight is 315 g/mol. The third-order valence-corrected chi connectivity index (χ3v) is 4.14. The lowest BCUT2D eigenvalue weighted by atomic mass is 9.86. The molecule has 2 rings (SSSR count). The summed E-state index contributed by atoms with van der Waals surface area (Å²) in [6.45, 7) is 6.05. The number of carbonyl (C=O) groups is 2. The van der Waals surface area contributed by atoms with Crippen molar-refractivity contribution in [3.05, 3.63) is 47.5 Å². The Morgan fingerprint density at radius 2 is 2.00 bits per heavy atom. The second-order valence-electron chi connectivity index (χ2n) is 6.17. The van der Waals surface area contributed by atoms with Crippen molar-refractivity contribution in [1.82, 2.24) is 4.90 Å². The number of ketones is 1.